The van der Waals surface area contributed by atoms with E-state index in [4.69, 9.17) is 9.72 Å². The number of pyridine rings is 1. The molecule has 1 atom stereocenters. The molecule has 8 heteroatoms. The maximum Gasteiger partial charge on any atom is 0.330 e. The van der Waals surface area contributed by atoms with Gasteiger partial charge in [-0.05, 0) is 36.1 Å². The van der Waals surface area contributed by atoms with E-state index in [9.17, 15) is 9.59 Å². The van der Waals surface area contributed by atoms with Crippen LogP contribution in [0, 0.1) is 11.3 Å². The molecule has 3 aromatic rings. The normalized spacial score (nSPS) is 19.0. The first-order chi connectivity index (χ1) is 16.7. The predicted molar refractivity (Wildman–Crippen MR) is 138 cm³/mol. The number of aryl methyl sites for hydroxylation is 1. The molecule has 186 valence electrons. The van der Waals surface area contributed by atoms with Crippen molar-refractivity contribution in [3.63, 3.8) is 0 Å². The molecule has 1 aromatic carbocycles. The topological polar surface area (TPSA) is 72.6 Å². The SMILES string of the molecule is Cn1c(=O)n(CC(C)(C)C)c2ccc(-c3cccc(N4CCN(C(=O)C5CCOC5)CC4)c3)nc21. The Morgan fingerprint density at radius 2 is 1.89 bits per heavy atom. The monoisotopic (exact) mass is 477 g/mol. The summed E-state index contributed by atoms with van der Waals surface area (Å²) < 4.78 is 8.85. The van der Waals surface area contributed by atoms with E-state index in [1.54, 1.807) is 11.6 Å². The molecule has 1 amide bonds. The number of piperazine rings is 1. The van der Waals surface area contributed by atoms with Gasteiger partial charge in [0.15, 0.2) is 5.65 Å². The van der Waals surface area contributed by atoms with E-state index in [1.165, 1.54) is 0 Å². The number of amides is 1. The lowest BCUT2D eigenvalue weighted by atomic mass is 9.97. The molecule has 0 N–H and O–H groups in total. The van der Waals surface area contributed by atoms with E-state index >= 15 is 0 Å². The fraction of sp³-hybridized carbons (Fsp3) is 0.519. The first-order valence-corrected chi connectivity index (χ1v) is 12.5. The second kappa shape index (κ2) is 9.15. The van der Waals surface area contributed by atoms with Crippen molar-refractivity contribution in [2.24, 2.45) is 18.4 Å². The van der Waals surface area contributed by atoms with Crippen LogP contribution >= 0.6 is 0 Å². The number of fused-ring (bicyclic) bond motifs is 1. The van der Waals surface area contributed by atoms with E-state index in [2.05, 4.69) is 43.9 Å². The Morgan fingerprint density at radius 3 is 2.57 bits per heavy atom. The van der Waals surface area contributed by atoms with Gasteiger partial charge in [0.05, 0.1) is 23.7 Å². The molecule has 8 nitrogen and oxygen atoms in total. The highest BCUT2D eigenvalue weighted by molar-refractivity contribution is 5.80. The highest BCUT2D eigenvalue weighted by Gasteiger charge is 2.30. The molecule has 1 unspecified atom stereocenters. The smallest absolute Gasteiger partial charge is 0.330 e. The van der Waals surface area contributed by atoms with Crippen molar-refractivity contribution in [1.29, 1.82) is 0 Å². The van der Waals surface area contributed by atoms with Crippen molar-refractivity contribution in [2.75, 3.05) is 44.3 Å². The molecule has 2 aliphatic heterocycles. The number of hydrogen-bond donors (Lipinski definition) is 0. The second-order valence-corrected chi connectivity index (χ2v) is 11.0. The Labute approximate surface area is 206 Å². The van der Waals surface area contributed by atoms with Crippen molar-refractivity contribution < 1.29 is 9.53 Å². The van der Waals surface area contributed by atoms with E-state index in [-0.39, 0.29) is 22.9 Å². The van der Waals surface area contributed by atoms with Gasteiger partial charge >= 0.3 is 5.69 Å². The Kier molecular flexibility index (Phi) is 6.17. The number of rotatable bonds is 4. The van der Waals surface area contributed by atoms with Gasteiger partial charge in [0, 0.05) is 57.6 Å². The minimum absolute atomic E-state index is 0.00930. The summed E-state index contributed by atoms with van der Waals surface area (Å²) in [4.78, 5) is 34.8. The first kappa shape index (κ1) is 23.6. The largest absolute Gasteiger partial charge is 0.381 e. The third kappa shape index (κ3) is 4.72. The third-order valence-corrected chi connectivity index (χ3v) is 6.99. The van der Waals surface area contributed by atoms with Crippen molar-refractivity contribution in [1.82, 2.24) is 19.0 Å². The number of nitrogens with zero attached hydrogens (tertiary/aromatic N) is 5. The zero-order valence-corrected chi connectivity index (χ0v) is 21.2. The summed E-state index contributed by atoms with van der Waals surface area (Å²) in [5.74, 6) is 0.262. The molecular formula is C27H35N5O3. The lowest BCUT2D eigenvalue weighted by Crippen LogP contribution is -2.50. The van der Waals surface area contributed by atoms with Crippen LogP contribution in [-0.4, -0.2) is 64.3 Å². The van der Waals surface area contributed by atoms with Crippen LogP contribution in [0.4, 0.5) is 5.69 Å². The number of ether oxygens (including phenoxy) is 1. The molecule has 5 rings (SSSR count). The molecule has 2 fully saturated rings. The fourth-order valence-corrected chi connectivity index (χ4v) is 5.10. The van der Waals surface area contributed by atoms with Gasteiger partial charge in [0.25, 0.3) is 0 Å². The van der Waals surface area contributed by atoms with Gasteiger partial charge in [-0.25, -0.2) is 9.78 Å². The molecule has 4 heterocycles. The molecule has 0 aliphatic carbocycles. The average molecular weight is 478 g/mol. The van der Waals surface area contributed by atoms with Gasteiger partial charge in [0.2, 0.25) is 5.91 Å². The van der Waals surface area contributed by atoms with Crippen molar-refractivity contribution in [2.45, 2.75) is 33.7 Å². The Hall–Kier alpha value is -3.13. The zero-order chi connectivity index (χ0) is 24.7. The highest BCUT2D eigenvalue weighted by atomic mass is 16.5. The summed E-state index contributed by atoms with van der Waals surface area (Å²) in [7, 11) is 1.79. The lowest BCUT2D eigenvalue weighted by Gasteiger charge is -2.37. The van der Waals surface area contributed by atoms with E-state index in [0.717, 1.165) is 55.1 Å². The van der Waals surface area contributed by atoms with Crippen LogP contribution in [0.2, 0.25) is 0 Å². The molecule has 35 heavy (non-hydrogen) atoms. The maximum absolute atomic E-state index is 12.9. The molecule has 0 spiro atoms. The summed E-state index contributed by atoms with van der Waals surface area (Å²) >= 11 is 0. The molecule has 2 saturated heterocycles. The fourth-order valence-electron chi connectivity index (χ4n) is 5.10. The number of hydrogen-bond acceptors (Lipinski definition) is 5. The lowest BCUT2D eigenvalue weighted by molar-refractivity contribution is -0.135. The Balaban J connectivity index is 1.35. The minimum atomic E-state index is -0.0371. The Bertz CT molecular complexity index is 1290. The van der Waals surface area contributed by atoms with Gasteiger partial charge in [-0.15, -0.1) is 0 Å². The predicted octanol–water partition coefficient (Wildman–Crippen LogP) is 3.13. The van der Waals surface area contributed by atoms with Gasteiger partial charge in [-0.1, -0.05) is 32.9 Å². The van der Waals surface area contributed by atoms with E-state index < -0.39 is 0 Å². The summed E-state index contributed by atoms with van der Waals surface area (Å²) in [5, 5.41) is 0. The summed E-state index contributed by atoms with van der Waals surface area (Å²) in [6.07, 6.45) is 0.837. The van der Waals surface area contributed by atoms with Crippen LogP contribution < -0.4 is 10.6 Å². The minimum Gasteiger partial charge on any atom is -0.381 e. The number of aromatic nitrogens is 3. The number of imidazole rings is 1. The average Bonchev–Trinajstić information content (AvgIpc) is 3.47. The van der Waals surface area contributed by atoms with Crippen LogP contribution in [0.25, 0.3) is 22.4 Å². The van der Waals surface area contributed by atoms with Crippen LogP contribution in [0.15, 0.2) is 41.2 Å². The Morgan fingerprint density at radius 1 is 1.11 bits per heavy atom. The number of carbonyl (C=O) groups excluding carboxylic acids is 1. The number of benzene rings is 1. The zero-order valence-electron chi connectivity index (χ0n) is 21.2. The highest BCUT2D eigenvalue weighted by Crippen LogP contribution is 2.27. The molecular weight excluding hydrogens is 442 g/mol. The first-order valence-electron chi connectivity index (χ1n) is 12.5. The molecule has 0 saturated carbocycles. The molecule has 0 bridgehead atoms. The van der Waals surface area contributed by atoms with E-state index in [0.29, 0.717) is 25.4 Å². The van der Waals surface area contributed by atoms with Crippen LogP contribution in [0.1, 0.15) is 27.2 Å². The van der Waals surface area contributed by atoms with Crippen molar-refractivity contribution in [3.05, 3.63) is 46.9 Å². The van der Waals surface area contributed by atoms with E-state index in [1.807, 2.05) is 27.7 Å². The van der Waals surface area contributed by atoms with Gasteiger partial charge in [-0.3, -0.25) is 13.9 Å². The maximum atomic E-state index is 12.9. The number of carbonyl (C=O) groups is 1. The molecule has 2 aromatic heterocycles. The van der Waals surface area contributed by atoms with Gasteiger partial charge in [-0.2, -0.15) is 0 Å². The summed E-state index contributed by atoms with van der Waals surface area (Å²) in [6, 6.07) is 12.4. The van der Waals surface area contributed by atoms with Gasteiger partial charge < -0.3 is 14.5 Å². The molecule has 2 aliphatic rings. The molecule has 0 radical (unpaired) electrons. The summed E-state index contributed by atoms with van der Waals surface area (Å²) in [6.45, 7) is 11.3. The quantitative estimate of drug-likeness (QED) is 0.577. The third-order valence-electron chi connectivity index (χ3n) is 6.99. The summed E-state index contributed by atoms with van der Waals surface area (Å²) in [5.41, 5.74) is 4.50. The number of anilines is 1. The van der Waals surface area contributed by atoms with Crippen LogP contribution in [0.3, 0.4) is 0 Å². The van der Waals surface area contributed by atoms with Crippen molar-refractivity contribution in [3.8, 4) is 11.3 Å². The van der Waals surface area contributed by atoms with Crippen LogP contribution in [-0.2, 0) is 23.1 Å². The van der Waals surface area contributed by atoms with Crippen LogP contribution in [0.5, 0.6) is 0 Å². The second-order valence-electron chi connectivity index (χ2n) is 11.0. The van der Waals surface area contributed by atoms with Gasteiger partial charge in [0.1, 0.15) is 0 Å². The van der Waals surface area contributed by atoms with Crippen molar-refractivity contribution >= 4 is 22.8 Å². The standard InChI is InChI=1S/C27H35N5O3/c1-27(2,3)18-32-23-9-8-22(28-24(23)29(4)26(32)34)19-6-5-7-21(16-19)30-11-13-31(14-12-30)25(33)20-10-15-35-17-20/h5-9,16,20H,10-15,17-18H2,1-4H3.